The lowest BCUT2D eigenvalue weighted by atomic mass is 9.72. The summed E-state index contributed by atoms with van der Waals surface area (Å²) in [6.07, 6.45) is 3.76. The second kappa shape index (κ2) is 5.51. The maximum absolute atomic E-state index is 6.19. The van der Waals surface area contributed by atoms with Crippen molar-refractivity contribution in [2.24, 2.45) is 0 Å². The fourth-order valence-electron chi connectivity index (χ4n) is 3.09. The zero-order valence-electron chi connectivity index (χ0n) is 13.9. The zero-order chi connectivity index (χ0) is 16.0. The Morgan fingerprint density at radius 3 is 2.32 bits per heavy atom. The Morgan fingerprint density at radius 1 is 1.14 bits per heavy atom. The maximum Gasteiger partial charge on any atom is 0.498 e. The van der Waals surface area contributed by atoms with E-state index in [1.165, 1.54) is 5.56 Å². The molecule has 0 atom stereocenters. The number of ether oxygens (including phenoxy) is 1. The summed E-state index contributed by atoms with van der Waals surface area (Å²) in [6, 6.07) is 2.05. The molecule has 2 N–H and O–H groups in total. The first-order valence-electron chi connectivity index (χ1n) is 7.99. The predicted molar refractivity (Wildman–Crippen MR) is 87.2 cm³/mol. The van der Waals surface area contributed by atoms with Crippen LogP contribution in [0.3, 0.4) is 0 Å². The summed E-state index contributed by atoms with van der Waals surface area (Å²) in [6.45, 7) is 9.77. The van der Waals surface area contributed by atoms with Crippen LogP contribution in [0.15, 0.2) is 12.3 Å². The SMILES string of the molecule is CC1(C)OB(c2c(C3CCOCC3)ccnc2N)OC1(C)C. The van der Waals surface area contributed by atoms with Crippen molar-refractivity contribution in [2.75, 3.05) is 18.9 Å². The second-order valence-electron chi connectivity index (χ2n) is 7.17. The van der Waals surface area contributed by atoms with Gasteiger partial charge in [0.05, 0.1) is 11.2 Å². The molecule has 3 rings (SSSR count). The van der Waals surface area contributed by atoms with E-state index in [4.69, 9.17) is 19.8 Å². The van der Waals surface area contributed by atoms with E-state index in [1.54, 1.807) is 6.20 Å². The Hall–Kier alpha value is -1.11. The van der Waals surface area contributed by atoms with Gasteiger partial charge in [0.15, 0.2) is 0 Å². The van der Waals surface area contributed by atoms with Crippen molar-refractivity contribution >= 4 is 18.4 Å². The predicted octanol–water partition coefficient (Wildman–Crippen LogP) is 1.86. The summed E-state index contributed by atoms with van der Waals surface area (Å²) in [5.74, 6) is 0.926. The van der Waals surface area contributed by atoms with Crippen LogP contribution in [-0.4, -0.2) is 36.5 Å². The zero-order valence-corrected chi connectivity index (χ0v) is 13.9. The third kappa shape index (κ3) is 2.64. The van der Waals surface area contributed by atoms with Gasteiger partial charge >= 0.3 is 7.12 Å². The number of aromatic nitrogens is 1. The smallest absolute Gasteiger partial charge is 0.399 e. The number of nitrogens with zero attached hydrogens (tertiary/aromatic N) is 1. The number of nitrogens with two attached hydrogens (primary N) is 1. The maximum atomic E-state index is 6.19. The van der Waals surface area contributed by atoms with Gasteiger partial charge in [0.25, 0.3) is 0 Å². The number of pyridine rings is 1. The molecule has 0 amide bonds. The van der Waals surface area contributed by atoms with Crippen molar-refractivity contribution in [1.29, 1.82) is 0 Å². The van der Waals surface area contributed by atoms with Gasteiger partial charge in [-0.15, -0.1) is 0 Å². The molecule has 0 unspecified atom stereocenters. The van der Waals surface area contributed by atoms with Gasteiger partial charge in [0, 0.05) is 24.9 Å². The quantitative estimate of drug-likeness (QED) is 0.845. The Balaban J connectivity index is 1.97. The molecule has 120 valence electrons. The van der Waals surface area contributed by atoms with Crippen LogP contribution >= 0.6 is 0 Å². The van der Waals surface area contributed by atoms with Crippen molar-refractivity contribution in [3.05, 3.63) is 17.8 Å². The monoisotopic (exact) mass is 304 g/mol. The van der Waals surface area contributed by atoms with Gasteiger partial charge in [-0.05, 0) is 58.1 Å². The Bertz CT molecular complexity index is 540. The van der Waals surface area contributed by atoms with E-state index >= 15 is 0 Å². The van der Waals surface area contributed by atoms with Crippen molar-refractivity contribution < 1.29 is 14.0 Å². The second-order valence-corrected chi connectivity index (χ2v) is 7.17. The molecule has 22 heavy (non-hydrogen) atoms. The van der Waals surface area contributed by atoms with E-state index in [1.807, 2.05) is 33.8 Å². The van der Waals surface area contributed by atoms with Gasteiger partial charge in [-0.3, -0.25) is 0 Å². The number of hydrogen-bond acceptors (Lipinski definition) is 5. The van der Waals surface area contributed by atoms with Crippen LogP contribution in [-0.2, 0) is 14.0 Å². The lowest BCUT2D eigenvalue weighted by molar-refractivity contribution is 0.00578. The Kier molecular flexibility index (Phi) is 3.95. The van der Waals surface area contributed by atoms with Crippen LogP contribution < -0.4 is 11.2 Å². The topological polar surface area (TPSA) is 66.6 Å². The normalized spacial score (nSPS) is 24.6. The third-order valence-electron chi connectivity index (χ3n) is 5.20. The molecule has 0 bridgehead atoms. The van der Waals surface area contributed by atoms with Gasteiger partial charge in [-0.25, -0.2) is 4.98 Å². The highest BCUT2D eigenvalue weighted by molar-refractivity contribution is 6.64. The minimum Gasteiger partial charge on any atom is -0.399 e. The van der Waals surface area contributed by atoms with E-state index in [2.05, 4.69) is 4.98 Å². The van der Waals surface area contributed by atoms with Crippen LogP contribution in [0, 0.1) is 0 Å². The van der Waals surface area contributed by atoms with Gasteiger partial charge in [0.1, 0.15) is 5.82 Å². The highest BCUT2D eigenvalue weighted by atomic mass is 16.7. The van der Waals surface area contributed by atoms with E-state index in [9.17, 15) is 0 Å². The molecule has 1 aromatic heterocycles. The van der Waals surface area contributed by atoms with E-state index in [0.717, 1.165) is 31.5 Å². The standard InChI is InChI=1S/C16H25BN2O3/c1-15(2)16(3,4)22-17(21-15)13-12(5-8-19-14(13)18)11-6-9-20-10-7-11/h5,8,11H,6-7,9-10H2,1-4H3,(H2,18,19). The van der Waals surface area contributed by atoms with Crippen LogP contribution in [0.4, 0.5) is 5.82 Å². The molecule has 0 saturated carbocycles. The molecule has 2 aliphatic rings. The van der Waals surface area contributed by atoms with Crippen molar-refractivity contribution in [3.8, 4) is 0 Å². The van der Waals surface area contributed by atoms with Crippen LogP contribution in [0.1, 0.15) is 52.0 Å². The molecule has 1 aromatic rings. The molecule has 2 aliphatic heterocycles. The summed E-state index contributed by atoms with van der Waals surface area (Å²) >= 11 is 0. The van der Waals surface area contributed by atoms with Crippen LogP contribution in [0.5, 0.6) is 0 Å². The van der Waals surface area contributed by atoms with Gasteiger partial charge in [-0.1, -0.05) is 0 Å². The number of rotatable bonds is 2. The summed E-state index contributed by atoms with van der Waals surface area (Å²) in [5.41, 5.74) is 7.50. The minimum atomic E-state index is -0.462. The lowest BCUT2D eigenvalue weighted by Crippen LogP contribution is -2.41. The lowest BCUT2D eigenvalue weighted by Gasteiger charge is -2.32. The van der Waals surface area contributed by atoms with Crippen molar-refractivity contribution in [3.63, 3.8) is 0 Å². The molecular formula is C16H25BN2O3. The number of anilines is 1. The van der Waals surface area contributed by atoms with Gasteiger partial charge in [-0.2, -0.15) is 0 Å². The average Bonchev–Trinajstić information content (AvgIpc) is 2.67. The molecule has 6 heteroatoms. The first-order chi connectivity index (χ1) is 10.3. The van der Waals surface area contributed by atoms with E-state index in [-0.39, 0.29) is 11.2 Å². The fraction of sp³-hybridized carbons (Fsp3) is 0.688. The molecule has 5 nitrogen and oxygen atoms in total. The molecule has 2 fully saturated rings. The third-order valence-corrected chi connectivity index (χ3v) is 5.20. The molecule has 0 aromatic carbocycles. The number of hydrogen-bond donors (Lipinski definition) is 1. The highest BCUT2D eigenvalue weighted by Crippen LogP contribution is 2.38. The number of nitrogen functional groups attached to an aromatic ring is 1. The largest absolute Gasteiger partial charge is 0.498 e. The van der Waals surface area contributed by atoms with Gasteiger partial charge in [0.2, 0.25) is 0 Å². The molecular weight excluding hydrogens is 279 g/mol. The molecule has 0 aliphatic carbocycles. The van der Waals surface area contributed by atoms with Gasteiger partial charge < -0.3 is 19.8 Å². The van der Waals surface area contributed by atoms with E-state index < -0.39 is 7.12 Å². The molecule has 2 saturated heterocycles. The molecule has 0 radical (unpaired) electrons. The van der Waals surface area contributed by atoms with Crippen molar-refractivity contribution in [2.45, 2.75) is 57.7 Å². The Morgan fingerprint density at radius 2 is 1.73 bits per heavy atom. The first kappa shape index (κ1) is 15.8. The summed E-state index contributed by atoms with van der Waals surface area (Å²) in [7, 11) is -0.462. The summed E-state index contributed by atoms with van der Waals surface area (Å²) < 4.78 is 17.9. The highest BCUT2D eigenvalue weighted by Gasteiger charge is 2.53. The van der Waals surface area contributed by atoms with Crippen LogP contribution in [0.2, 0.25) is 0 Å². The average molecular weight is 304 g/mol. The summed E-state index contributed by atoms with van der Waals surface area (Å²) in [4.78, 5) is 4.26. The van der Waals surface area contributed by atoms with Crippen molar-refractivity contribution in [1.82, 2.24) is 4.98 Å². The first-order valence-corrected chi connectivity index (χ1v) is 7.99. The van der Waals surface area contributed by atoms with E-state index in [0.29, 0.717) is 11.7 Å². The van der Waals surface area contributed by atoms with Crippen LogP contribution in [0.25, 0.3) is 0 Å². The minimum absolute atomic E-state index is 0.382. The summed E-state index contributed by atoms with van der Waals surface area (Å²) in [5, 5.41) is 0. The molecule has 3 heterocycles. The fourth-order valence-corrected chi connectivity index (χ4v) is 3.09. The Labute approximate surface area is 132 Å². The molecule has 0 spiro atoms.